The van der Waals surface area contributed by atoms with E-state index in [4.69, 9.17) is 10.5 Å². The van der Waals surface area contributed by atoms with Crippen LogP contribution in [0.1, 0.15) is 12.8 Å². The molecule has 0 amide bonds. The summed E-state index contributed by atoms with van der Waals surface area (Å²) >= 11 is 0.691. The molecule has 0 radical (unpaired) electrons. The van der Waals surface area contributed by atoms with E-state index >= 15 is 0 Å². The minimum Gasteiger partial charge on any atom is -0.385 e. The third kappa shape index (κ3) is 3.45. The van der Waals surface area contributed by atoms with Gasteiger partial charge in [0.05, 0.1) is 11.5 Å². The summed E-state index contributed by atoms with van der Waals surface area (Å²) in [6.07, 6.45) is 1.80. The molecule has 1 aliphatic rings. The maximum Gasteiger partial charge on any atom is 0.304 e. The number of hydrogen-bond donors (Lipinski definition) is 2. The predicted octanol–water partition coefficient (Wildman–Crippen LogP) is 0.943. The minimum atomic E-state index is -3.77. The van der Waals surface area contributed by atoms with Gasteiger partial charge in [-0.3, -0.25) is 10.1 Å². The van der Waals surface area contributed by atoms with Crippen molar-refractivity contribution in [3.63, 3.8) is 0 Å². The van der Waals surface area contributed by atoms with Gasteiger partial charge >= 0.3 is 5.69 Å². The molecule has 20 heavy (non-hydrogen) atoms. The molecule has 3 N–H and O–H groups in total. The Bertz CT molecular complexity index is 592. The Balaban J connectivity index is 2.06. The molecule has 1 atom stereocenters. The smallest absolute Gasteiger partial charge is 0.304 e. The van der Waals surface area contributed by atoms with Crippen molar-refractivity contribution in [3.8, 4) is 0 Å². The number of ether oxygens (including phenoxy) is 1. The van der Waals surface area contributed by atoms with Crippen molar-refractivity contribution in [2.75, 3.05) is 25.5 Å². The lowest BCUT2D eigenvalue weighted by Crippen LogP contribution is -2.32. The Morgan fingerprint density at radius 3 is 2.90 bits per heavy atom. The van der Waals surface area contributed by atoms with Crippen LogP contribution < -0.4 is 10.5 Å². The number of nitrogens with one attached hydrogen (secondary N) is 1. The molecule has 0 aliphatic carbocycles. The van der Waals surface area contributed by atoms with Gasteiger partial charge in [-0.05, 0) is 18.8 Å². The zero-order chi connectivity index (χ0) is 14.8. The highest BCUT2D eigenvalue weighted by atomic mass is 32.2. The summed E-state index contributed by atoms with van der Waals surface area (Å²) in [4.78, 5) is 9.97. The van der Waals surface area contributed by atoms with Crippen molar-refractivity contribution in [1.82, 2.24) is 4.72 Å². The van der Waals surface area contributed by atoms with Crippen molar-refractivity contribution < 1.29 is 18.1 Å². The summed E-state index contributed by atoms with van der Waals surface area (Å²) in [7, 11) is -3.77. The van der Waals surface area contributed by atoms with E-state index in [1.54, 1.807) is 0 Å². The number of nitrogens with zero attached hydrogens (tertiary/aromatic N) is 1. The largest absolute Gasteiger partial charge is 0.385 e. The zero-order valence-electron chi connectivity index (χ0n) is 10.6. The molecular weight excluding hydrogens is 306 g/mol. The molecule has 1 aliphatic heterocycles. The number of nitrogen functional groups attached to an aromatic ring is 1. The number of anilines is 1. The molecule has 1 unspecified atom stereocenters. The third-order valence-electron chi connectivity index (χ3n) is 3.00. The number of thiophene rings is 1. The molecule has 2 heterocycles. The van der Waals surface area contributed by atoms with Crippen molar-refractivity contribution in [2.45, 2.75) is 17.1 Å². The minimum absolute atomic E-state index is 0.114. The molecule has 0 bridgehead atoms. The van der Waals surface area contributed by atoms with Crippen molar-refractivity contribution in [1.29, 1.82) is 0 Å². The highest BCUT2D eigenvalue weighted by molar-refractivity contribution is 7.91. The van der Waals surface area contributed by atoms with Gasteiger partial charge in [0.15, 0.2) is 5.00 Å². The highest BCUT2D eigenvalue weighted by Gasteiger charge is 2.25. The van der Waals surface area contributed by atoms with Crippen LogP contribution in [0.25, 0.3) is 0 Å². The lowest BCUT2D eigenvalue weighted by Gasteiger charge is -2.21. The first-order chi connectivity index (χ1) is 9.40. The quantitative estimate of drug-likeness (QED) is 0.614. The highest BCUT2D eigenvalue weighted by Crippen LogP contribution is 2.34. The van der Waals surface area contributed by atoms with E-state index in [2.05, 4.69) is 4.72 Å². The van der Waals surface area contributed by atoms with Crippen LogP contribution >= 0.6 is 11.3 Å². The maximum absolute atomic E-state index is 12.0. The zero-order valence-corrected chi connectivity index (χ0v) is 12.2. The van der Waals surface area contributed by atoms with E-state index in [1.807, 2.05) is 0 Å². The number of nitro groups is 1. The fourth-order valence-electron chi connectivity index (χ4n) is 1.92. The first-order valence-electron chi connectivity index (χ1n) is 6.01. The maximum atomic E-state index is 12.0. The third-order valence-corrected chi connectivity index (χ3v) is 5.85. The van der Waals surface area contributed by atoms with E-state index in [0.29, 0.717) is 24.6 Å². The Hall–Kier alpha value is -1.23. The lowest BCUT2D eigenvalue weighted by atomic mass is 10.0. The fourth-order valence-corrected chi connectivity index (χ4v) is 4.29. The normalized spacial score (nSPS) is 19.9. The van der Waals surface area contributed by atoms with E-state index < -0.39 is 14.9 Å². The van der Waals surface area contributed by atoms with Gasteiger partial charge in [0.1, 0.15) is 4.21 Å². The van der Waals surface area contributed by atoms with Crippen LogP contribution in [0.5, 0.6) is 0 Å². The Morgan fingerprint density at radius 1 is 1.60 bits per heavy atom. The average molecular weight is 321 g/mol. The van der Waals surface area contributed by atoms with E-state index in [9.17, 15) is 18.5 Å². The molecule has 1 aromatic rings. The number of nitrogens with two attached hydrogens (primary N) is 1. The second kappa shape index (κ2) is 6.04. The van der Waals surface area contributed by atoms with Crippen LogP contribution in [-0.2, 0) is 14.8 Å². The van der Waals surface area contributed by atoms with Crippen molar-refractivity contribution >= 4 is 32.0 Å². The Labute approximate surface area is 120 Å². The summed E-state index contributed by atoms with van der Waals surface area (Å²) in [6, 6.07) is 0.986. The SMILES string of the molecule is Nc1sc(S(=O)(=O)NCC2CCCOC2)cc1[N+](=O)[O-]. The summed E-state index contributed by atoms with van der Waals surface area (Å²) in [6.45, 7) is 1.49. The topological polar surface area (TPSA) is 125 Å². The molecule has 0 aromatic carbocycles. The molecule has 0 saturated carbocycles. The van der Waals surface area contributed by atoms with Gasteiger partial charge < -0.3 is 10.5 Å². The summed E-state index contributed by atoms with van der Waals surface area (Å²) in [5.74, 6) is 0.130. The van der Waals surface area contributed by atoms with Crippen molar-refractivity contribution in [2.24, 2.45) is 5.92 Å². The summed E-state index contributed by atoms with van der Waals surface area (Å²) < 4.78 is 31.7. The van der Waals surface area contributed by atoms with Crippen LogP contribution in [0.3, 0.4) is 0 Å². The second-order valence-corrected chi connectivity index (χ2v) is 7.58. The number of rotatable bonds is 5. The molecule has 10 heteroatoms. The Kier molecular flexibility index (Phi) is 4.58. The van der Waals surface area contributed by atoms with Crippen LogP contribution in [0.2, 0.25) is 0 Å². The number of sulfonamides is 1. The van der Waals surface area contributed by atoms with E-state index in [0.717, 1.165) is 18.9 Å². The molecule has 2 rings (SSSR count). The van der Waals surface area contributed by atoms with Gasteiger partial charge in [0.25, 0.3) is 0 Å². The van der Waals surface area contributed by atoms with Crippen LogP contribution in [-0.4, -0.2) is 33.1 Å². The van der Waals surface area contributed by atoms with Gasteiger partial charge in [0.2, 0.25) is 10.0 Å². The molecular formula is C10H15N3O5S2. The molecule has 1 fully saturated rings. The van der Waals surface area contributed by atoms with E-state index in [1.165, 1.54) is 0 Å². The van der Waals surface area contributed by atoms with Crippen molar-refractivity contribution in [3.05, 3.63) is 16.2 Å². The van der Waals surface area contributed by atoms with E-state index in [-0.39, 0.29) is 27.4 Å². The predicted molar refractivity (Wildman–Crippen MR) is 74.1 cm³/mol. The van der Waals surface area contributed by atoms with Crippen LogP contribution in [0.15, 0.2) is 10.3 Å². The van der Waals surface area contributed by atoms with Gasteiger partial charge in [0, 0.05) is 19.2 Å². The summed E-state index contributed by atoms with van der Waals surface area (Å²) in [5, 5.41) is 10.6. The second-order valence-electron chi connectivity index (χ2n) is 4.51. The summed E-state index contributed by atoms with van der Waals surface area (Å²) in [5.41, 5.74) is 5.06. The molecule has 8 nitrogen and oxygen atoms in total. The van der Waals surface area contributed by atoms with Crippen LogP contribution in [0, 0.1) is 16.0 Å². The standard InChI is InChI=1S/C10H15N3O5S2/c11-10-8(13(14)15)4-9(19-10)20(16,17)12-5-7-2-1-3-18-6-7/h4,7,12H,1-3,5-6,11H2. The molecule has 1 aromatic heterocycles. The monoisotopic (exact) mass is 321 g/mol. The number of hydrogen-bond acceptors (Lipinski definition) is 7. The van der Waals surface area contributed by atoms with Gasteiger partial charge in [-0.2, -0.15) is 0 Å². The van der Waals surface area contributed by atoms with Gasteiger partial charge in [-0.1, -0.05) is 11.3 Å². The molecule has 112 valence electrons. The lowest BCUT2D eigenvalue weighted by molar-refractivity contribution is -0.383. The fraction of sp³-hybridized carbons (Fsp3) is 0.600. The van der Waals surface area contributed by atoms with Crippen LogP contribution in [0.4, 0.5) is 10.7 Å². The first-order valence-corrected chi connectivity index (χ1v) is 8.31. The average Bonchev–Trinajstić information content (AvgIpc) is 2.81. The molecule has 1 saturated heterocycles. The first kappa shape index (κ1) is 15.2. The van der Waals surface area contributed by atoms with Gasteiger partial charge in [-0.15, -0.1) is 0 Å². The Morgan fingerprint density at radius 2 is 2.35 bits per heavy atom. The molecule has 0 spiro atoms. The van der Waals surface area contributed by atoms with Gasteiger partial charge in [-0.25, -0.2) is 13.1 Å².